The van der Waals surface area contributed by atoms with Gasteiger partial charge in [0.05, 0.1) is 5.92 Å². The first kappa shape index (κ1) is 16.6. The molecule has 0 aliphatic heterocycles. The number of hydrogen-bond acceptors (Lipinski definition) is 4. The highest BCUT2D eigenvalue weighted by molar-refractivity contribution is 5.72. The number of carboxylic acids is 2. The predicted molar refractivity (Wildman–Crippen MR) is 72.2 cm³/mol. The molecule has 1 aromatic carbocycles. The van der Waals surface area contributed by atoms with Crippen LogP contribution in [0.3, 0.4) is 0 Å². The van der Waals surface area contributed by atoms with E-state index in [1.54, 1.807) is 30.3 Å². The SMILES string of the molecule is O=CN(CC(CCC(=O)O)C(=O)O)C(O)c1ccccc1. The third-order valence-electron chi connectivity index (χ3n) is 3.03. The van der Waals surface area contributed by atoms with Gasteiger partial charge in [0, 0.05) is 18.5 Å². The summed E-state index contributed by atoms with van der Waals surface area (Å²) in [6, 6.07) is 8.32. The van der Waals surface area contributed by atoms with Gasteiger partial charge in [0.1, 0.15) is 0 Å². The molecule has 1 aromatic rings. The van der Waals surface area contributed by atoms with Crippen LogP contribution < -0.4 is 0 Å². The Balaban J connectivity index is 2.76. The maximum absolute atomic E-state index is 11.1. The van der Waals surface area contributed by atoms with E-state index in [4.69, 9.17) is 10.2 Å². The molecule has 2 atom stereocenters. The number of aliphatic hydroxyl groups is 1. The molecule has 0 heterocycles. The third-order valence-corrected chi connectivity index (χ3v) is 3.03. The normalized spacial score (nSPS) is 13.2. The molecule has 2 unspecified atom stereocenters. The zero-order valence-corrected chi connectivity index (χ0v) is 11.3. The fourth-order valence-corrected chi connectivity index (χ4v) is 1.86. The predicted octanol–water partition coefficient (Wildman–Crippen LogP) is 0.701. The topological polar surface area (TPSA) is 115 Å². The van der Waals surface area contributed by atoms with Crippen LogP contribution in [-0.4, -0.2) is 45.1 Å². The molecule has 21 heavy (non-hydrogen) atoms. The molecule has 0 aliphatic carbocycles. The average molecular weight is 295 g/mol. The van der Waals surface area contributed by atoms with Crippen molar-refractivity contribution >= 4 is 18.3 Å². The van der Waals surface area contributed by atoms with E-state index in [2.05, 4.69) is 0 Å². The highest BCUT2D eigenvalue weighted by Gasteiger charge is 2.25. The number of hydrogen-bond donors (Lipinski definition) is 3. The summed E-state index contributed by atoms with van der Waals surface area (Å²) >= 11 is 0. The molecule has 7 heteroatoms. The van der Waals surface area contributed by atoms with Crippen LogP contribution in [0.2, 0.25) is 0 Å². The van der Waals surface area contributed by atoms with E-state index in [0.29, 0.717) is 12.0 Å². The van der Waals surface area contributed by atoms with Crippen molar-refractivity contribution in [1.29, 1.82) is 0 Å². The maximum atomic E-state index is 11.1. The summed E-state index contributed by atoms with van der Waals surface area (Å²) in [6.07, 6.45) is -1.34. The molecule has 7 nitrogen and oxygen atoms in total. The van der Waals surface area contributed by atoms with Crippen LogP contribution in [0, 0.1) is 5.92 Å². The van der Waals surface area contributed by atoms with Gasteiger partial charge in [-0.3, -0.25) is 14.4 Å². The van der Waals surface area contributed by atoms with Crippen LogP contribution in [0.5, 0.6) is 0 Å². The lowest BCUT2D eigenvalue weighted by molar-refractivity contribution is -0.145. The molecule has 0 aliphatic rings. The molecule has 0 spiro atoms. The standard InChI is InChI=1S/C14H17NO6/c16-9-15(13(19)10-4-2-1-3-5-10)8-11(14(20)21)6-7-12(17)18/h1-5,9,11,13,19H,6-8H2,(H,17,18)(H,20,21). The molecule has 1 amide bonds. The quantitative estimate of drug-likeness (QED) is 0.456. The first-order valence-corrected chi connectivity index (χ1v) is 6.34. The number of amides is 1. The maximum Gasteiger partial charge on any atom is 0.308 e. The van der Waals surface area contributed by atoms with Crippen LogP contribution in [0.1, 0.15) is 24.6 Å². The Labute approximate surface area is 121 Å². The molecular formula is C14H17NO6. The van der Waals surface area contributed by atoms with Gasteiger partial charge >= 0.3 is 11.9 Å². The van der Waals surface area contributed by atoms with Crippen molar-refractivity contribution in [2.24, 2.45) is 5.92 Å². The van der Waals surface area contributed by atoms with E-state index >= 15 is 0 Å². The Bertz CT molecular complexity index is 489. The van der Waals surface area contributed by atoms with E-state index in [1.807, 2.05) is 0 Å². The van der Waals surface area contributed by atoms with Crippen LogP contribution in [-0.2, 0) is 14.4 Å². The van der Waals surface area contributed by atoms with Crippen molar-refractivity contribution in [1.82, 2.24) is 4.90 Å². The van der Waals surface area contributed by atoms with Gasteiger partial charge in [0.25, 0.3) is 0 Å². The number of rotatable bonds is 9. The number of benzene rings is 1. The van der Waals surface area contributed by atoms with Gasteiger partial charge in [-0.1, -0.05) is 30.3 Å². The lowest BCUT2D eigenvalue weighted by atomic mass is 10.0. The minimum Gasteiger partial charge on any atom is -0.481 e. The highest BCUT2D eigenvalue weighted by Crippen LogP contribution is 2.19. The van der Waals surface area contributed by atoms with E-state index < -0.39 is 24.1 Å². The molecule has 3 N–H and O–H groups in total. The Morgan fingerprint density at radius 2 is 1.81 bits per heavy atom. The van der Waals surface area contributed by atoms with Crippen LogP contribution in [0.25, 0.3) is 0 Å². The summed E-state index contributed by atoms with van der Waals surface area (Å²) in [5.41, 5.74) is 0.451. The van der Waals surface area contributed by atoms with Crippen LogP contribution >= 0.6 is 0 Å². The van der Waals surface area contributed by atoms with E-state index in [9.17, 15) is 19.5 Å². The number of carbonyl (C=O) groups excluding carboxylic acids is 1. The highest BCUT2D eigenvalue weighted by atomic mass is 16.4. The largest absolute Gasteiger partial charge is 0.481 e. The van der Waals surface area contributed by atoms with Crippen molar-refractivity contribution in [3.8, 4) is 0 Å². The molecule has 0 saturated heterocycles. The zero-order chi connectivity index (χ0) is 15.8. The van der Waals surface area contributed by atoms with E-state index in [0.717, 1.165) is 4.90 Å². The fourth-order valence-electron chi connectivity index (χ4n) is 1.86. The summed E-state index contributed by atoms with van der Waals surface area (Å²) in [7, 11) is 0. The van der Waals surface area contributed by atoms with Gasteiger partial charge in [-0.15, -0.1) is 0 Å². The summed E-state index contributed by atoms with van der Waals surface area (Å²) in [4.78, 5) is 33.6. The molecule has 114 valence electrons. The Hall–Kier alpha value is -2.41. The monoisotopic (exact) mass is 295 g/mol. The van der Waals surface area contributed by atoms with Crippen LogP contribution in [0.4, 0.5) is 0 Å². The van der Waals surface area contributed by atoms with Gasteiger partial charge in [-0.25, -0.2) is 0 Å². The first-order chi connectivity index (χ1) is 9.95. The Morgan fingerprint density at radius 1 is 1.19 bits per heavy atom. The molecule has 0 saturated carbocycles. The van der Waals surface area contributed by atoms with E-state index in [1.165, 1.54) is 0 Å². The van der Waals surface area contributed by atoms with Gasteiger partial charge in [0.2, 0.25) is 6.41 Å². The number of carboxylic acid groups (broad SMARTS) is 2. The summed E-state index contributed by atoms with van der Waals surface area (Å²) in [5.74, 6) is -3.37. The van der Waals surface area contributed by atoms with Crippen molar-refractivity contribution < 1.29 is 29.7 Å². The molecule has 0 bridgehead atoms. The second kappa shape index (κ2) is 8.01. The first-order valence-electron chi connectivity index (χ1n) is 6.34. The van der Waals surface area contributed by atoms with Gasteiger partial charge in [-0.05, 0) is 6.42 Å². The summed E-state index contributed by atoms with van der Waals surface area (Å²) in [5, 5.41) is 27.7. The third kappa shape index (κ3) is 5.23. The smallest absolute Gasteiger partial charge is 0.308 e. The molecular weight excluding hydrogens is 278 g/mol. The van der Waals surface area contributed by atoms with Crippen molar-refractivity contribution in [3.63, 3.8) is 0 Å². The Kier molecular flexibility index (Phi) is 6.35. The number of carbonyl (C=O) groups is 3. The Morgan fingerprint density at radius 3 is 2.29 bits per heavy atom. The van der Waals surface area contributed by atoms with Gasteiger partial charge in [-0.2, -0.15) is 0 Å². The minimum absolute atomic E-state index is 0.115. The fraction of sp³-hybridized carbons (Fsp3) is 0.357. The van der Waals surface area contributed by atoms with Crippen molar-refractivity contribution in [3.05, 3.63) is 35.9 Å². The lowest BCUT2D eigenvalue weighted by Crippen LogP contribution is -2.35. The summed E-state index contributed by atoms with van der Waals surface area (Å²) < 4.78 is 0. The number of nitrogens with zero attached hydrogens (tertiary/aromatic N) is 1. The number of aliphatic hydroxyl groups excluding tert-OH is 1. The second-order valence-corrected chi connectivity index (χ2v) is 4.55. The van der Waals surface area contributed by atoms with Gasteiger partial charge in [0.15, 0.2) is 6.23 Å². The molecule has 0 fully saturated rings. The average Bonchev–Trinajstić information content (AvgIpc) is 2.47. The van der Waals surface area contributed by atoms with Crippen molar-refractivity contribution in [2.45, 2.75) is 19.1 Å². The minimum atomic E-state index is -1.27. The van der Waals surface area contributed by atoms with Crippen LogP contribution in [0.15, 0.2) is 30.3 Å². The van der Waals surface area contributed by atoms with Gasteiger partial charge < -0.3 is 20.2 Å². The number of aliphatic carboxylic acids is 2. The molecule has 0 aromatic heterocycles. The molecule has 0 radical (unpaired) electrons. The summed E-state index contributed by atoms with van der Waals surface area (Å²) in [6.45, 7) is -0.262. The van der Waals surface area contributed by atoms with Crippen molar-refractivity contribution in [2.75, 3.05) is 6.54 Å². The lowest BCUT2D eigenvalue weighted by Gasteiger charge is -2.26. The zero-order valence-electron chi connectivity index (χ0n) is 11.3. The second-order valence-electron chi connectivity index (χ2n) is 4.55. The molecule has 1 rings (SSSR count). The van der Waals surface area contributed by atoms with E-state index in [-0.39, 0.29) is 19.4 Å².